The smallest absolute Gasteiger partial charge is 0.326 e. The van der Waals surface area contributed by atoms with Crippen LogP contribution in [0.2, 0.25) is 0 Å². The Morgan fingerprint density at radius 2 is 1.68 bits per heavy atom. The van der Waals surface area contributed by atoms with Crippen molar-refractivity contribution in [1.29, 1.82) is 0 Å². The van der Waals surface area contributed by atoms with E-state index in [4.69, 9.17) is 0 Å². The second-order valence-electron chi connectivity index (χ2n) is 4.27. The number of carboxylic acid groups (broad SMARTS) is 1. The molecule has 0 aliphatic heterocycles. The van der Waals surface area contributed by atoms with Crippen molar-refractivity contribution in [3.63, 3.8) is 0 Å². The van der Waals surface area contributed by atoms with E-state index in [9.17, 15) is 15.0 Å². The van der Waals surface area contributed by atoms with Gasteiger partial charge in [-0.3, -0.25) is 0 Å². The van der Waals surface area contributed by atoms with Crippen LogP contribution in [0.4, 0.5) is 5.69 Å². The van der Waals surface area contributed by atoms with Crippen molar-refractivity contribution in [2.75, 3.05) is 5.32 Å². The molecule has 0 saturated heterocycles. The fourth-order valence-electron chi connectivity index (χ4n) is 1.81. The predicted molar refractivity (Wildman–Crippen MR) is 73.3 cm³/mol. The summed E-state index contributed by atoms with van der Waals surface area (Å²) in [4.78, 5) is 11.3. The van der Waals surface area contributed by atoms with Crippen LogP contribution in [0.1, 0.15) is 5.56 Å². The van der Waals surface area contributed by atoms with Crippen molar-refractivity contribution in [3.8, 4) is 5.75 Å². The average Bonchev–Trinajstić information content (AvgIpc) is 2.41. The van der Waals surface area contributed by atoms with E-state index in [-0.39, 0.29) is 5.75 Å². The monoisotopic (exact) mass is 257 g/mol. The third-order valence-corrected chi connectivity index (χ3v) is 2.79. The largest absolute Gasteiger partial charge is 0.508 e. The van der Waals surface area contributed by atoms with E-state index in [1.807, 2.05) is 30.3 Å². The van der Waals surface area contributed by atoms with E-state index in [1.165, 1.54) is 12.1 Å². The lowest BCUT2D eigenvalue weighted by Gasteiger charge is -2.15. The molecule has 0 aliphatic carbocycles. The number of aliphatic carboxylic acids is 1. The number of benzene rings is 2. The van der Waals surface area contributed by atoms with Crippen LogP contribution < -0.4 is 5.32 Å². The van der Waals surface area contributed by atoms with Crippen LogP contribution in [0.3, 0.4) is 0 Å². The zero-order valence-electron chi connectivity index (χ0n) is 10.3. The molecule has 0 unspecified atom stereocenters. The van der Waals surface area contributed by atoms with Gasteiger partial charge in [-0.05, 0) is 29.8 Å². The normalized spacial score (nSPS) is 11.8. The molecule has 2 aromatic carbocycles. The standard InChI is InChI=1S/C15H15NO3/c17-13-8-6-12(7-9-13)16-14(15(18)19)10-11-4-2-1-3-5-11/h1-9,14,16-17H,10H2,(H,18,19)/t14-/m0/s1. The SMILES string of the molecule is O=C(O)[C@H](Cc1ccccc1)Nc1ccc(O)cc1. The van der Waals surface area contributed by atoms with Gasteiger partial charge >= 0.3 is 5.97 Å². The lowest BCUT2D eigenvalue weighted by atomic mass is 10.1. The van der Waals surface area contributed by atoms with Crippen LogP contribution in [-0.4, -0.2) is 22.2 Å². The lowest BCUT2D eigenvalue weighted by molar-refractivity contribution is -0.137. The molecule has 2 aromatic rings. The minimum atomic E-state index is -0.906. The number of nitrogens with one attached hydrogen (secondary N) is 1. The van der Waals surface area contributed by atoms with Crippen molar-refractivity contribution in [1.82, 2.24) is 0 Å². The van der Waals surface area contributed by atoms with Crippen LogP contribution >= 0.6 is 0 Å². The predicted octanol–water partition coefficient (Wildman–Crippen LogP) is 2.50. The Balaban J connectivity index is 2.08. The number of carboxylic acids is 1. The van der Waals surface area contributed by atoms with Gasteiger partial charge in [-0.15, -0.1) is 0 Å². The molecule has 0 radical (unpaired) electrons. The molecule has 4 heteroatoms. The molecule has 0 amide bonds. The molecule has 4 nitrogen and oxygen atoms in total. The van der Waals surface area contributed by atoms with Crippen molar-refractivity contribution in [2.45, 2.75) is 12.5 Å². The first-order valence-electron chi connectivity index (χ1n) is 5.97. The van der Waals surface area contributed by atoms with Gasteiger partial charge in [-0.2, -0.15) is 0 Å². The van der Waals surface area contributed by atoms with E-state index >= 15 is 0 Å². The summed E-state index contributed by atoms with van der Waals surface area (Å²) in [5.74, 6) is -0.752. The third kappa shape index (κ3) is 3.74. The van der Waals surface area contributed by atoms with Crippen LogP contribution in [0.15, 0.2) is 54.6 Å². The Hall–Kier alpha value is -2.49. The molecule has 3 N–H and O–H groups in total. The number of hydrogen-bond donors (Lipinski definition) is 3. The molecule has 0 spiro atoms. The first-order valence-corrected chi connectivity index (χ1v) is 5.97. The molecule has 0 bridgehead atoms. The highest BCUT2D eigenvalue weighted by molar-refractivity contribution is 5.77. The maximum Gasteiger partial charge on any atom is 0.326 e. The summed E-state index contributed by atoms with van der Waals surface area (Å²) in [5.41, 5.74) is 1.63. The van der Waals surface area contributed by atoms with E-state index in [1.54, 1.807) is 12.1 Å². The van der Waals surface area contributed by atoms with E-state index in [0.717, 1.165) is 5.56 Å². The van der Waals surface area contributed by atoms with Crippen molar-refractivity contribution < 1.29 is 15.0 Å². The van der Waals surface area contributed by atoms with Gasteiger partial charge in [0.2, 0.25) is 0 Å². The highest BCUT2D eigenvalue weighted by Crippen LogP contribution is 2.16. The van der Waals surface area contributed by atoms with Crippen LogP contribution in [-0.2, 0) is 11.2 Å². The van der Waals surface area contributed by atoms with Gasteiger partial charge in [0.25, 0.3) is 0 Å². The summed E-state index contributed by atoms with van der Waals surface area (Å²) in [6.45, 7) is 0. The molecule has 0 aromatic heterocycles. The fraction of sp³-hybridized carbons (Fsp3) is 0.133. The first-order chi connectivity index (χ1) is 9.15. The number of phenols is 1. The van der Waals surface area contributed by atoms with Crippen molar-refractivity contribution in [2.24, 2.45) is 0 Å². The second kappa shape index (κ2) is 5.91. The molecule has 1 atom stereocenters. The molecule has 0 aliphatic rings. The van der Waals surface area contributed by atoms with Crippen LogP contribution in [0.25, 0.3) is 0 Å². The van der Waals surface area contributed by atoms with Gasteiger partial charge in [-0.25, -0.2) is 4.79 Å². The Morgan fingerprint density at radius 1 is 1.05 bits per heavy atom. The Labute approximate surface area is 111 Å². The number of rotatable bonds is 5. The number of carbonyl (C=O) groups is 1. The summed E-state index contributed by atoms with van der Waals surface area (Å²) in [6, 6.07) is 15.1. The second-order valence-corrected chi connectivity index (χ2v) is 4.27. The van der Waals surface area contributed by atoms with Gasteiger partial charge in [0.05, 0.1) is 0 Å². The van der Waals surface area contributed by atoms with Crippen LogP contribution in [0.5, 0.6) is 5.75 Å². The van der Waals surface area contributed by atoms with Gasteiger partial charge in [0.1, 0.15) is 11.8 Å². The molecule has 0 heterocycles. The summed E-state index contributed by atoms with van der Waals surface area (Å²) in [7, 11) is 0. The van der Waals surface area contributed by atoms with Crippen LogP contribution in [0, 0.1) is 0 Å². The molecule has 0 fully saturated rings. The zero-order chi connectivity index (χ0) is 13.7. The zero-order valence-corrected chi connectivity index (χ0v) is 10.3. The quantitative estimate of drug-likeness (QED) is 0.720. The molecule has 98 valence electrons. The number of anilines is 1. The first kappa shape index (κ1) is 13.0. The number of phenolic OH excluding ortho intramolecular Hbond substituents is 1. The molecule has 2 rings (SSSR count). The topological polar surface area (TPSA) is 69.6 Å². The summed E-state index contributed by atoms with van der Waals surface area (Å²) in [5, 5.41) is 21.4. The Bertz CT molecular complexity index is 537. The fourth-order valence-corrected chi connectivity index (χ4v) is 1.81. The summed E-state index contributed by atoms with van der Waals surface area (Å²) >= 11 is 0. The van der Waals surface area contributed by atoms with E-state index < -0.39 is 12.0 Å². The number of hydrogen-bond acceptors (Lipinski definition) is 3. The molecular weight excluding hydrogens is 242 g/mol. The highest BCUT2D eigenvalue weighted by atomic mass is 16.4. The third-order valence-electron chi connectivity index (χ3n) is 2.79. The number of aromatic hydroxyl groups is 1. The van der Waals surface area contributed by atoms with Gasteiger partial charge < -0.3 is 15.5 Å². The van der Waals surface area contributed by atoms with Crippen molar-refractivity contribution >= 4 is 11.7 Å². The molecule has 0 saturated carbocycles. The van der Waals surface area contributed by atoms with Gasteiger partial charge in [0.15, 0.2) is 0 Å². The van der Waals surface area contributed by atoms with E-state index in [0.29, 0.717) is 12.1 Å². The van der Waals surface area contributed by atoms with Gasteiger partial charge in [-0.1, -0.05) is 30.3 Å². The maximum atomic E-state index is 11.3. The Morgan fingerprint density at radius 3 is 2.26 bits per heavy atom. The molecule has 19 heavy (non-hydrogen) atoms. The summed E-state index contributed by atoms with van der Waals surface area (Å²) in [6.07, 6.45) is 0.400. The minimum absolute atomic E-state index is 0.153. The Kier molecular flexibility index (Phi) is 4.03. The van der Waals surface area contributed by atoms with E-state index in [2.05, 4.69) is 5.32 Å². The molecular formula is C15H15NO3. The highest BCUT2D eigenvalue weighted by Gasteiger charge is 2.17. The minimum Gasteiger partial charge on any atom is -0.508 e. The lowest BCUT2D eigenvalue weighted by Crippen LogP contribution is -2.31. The van der Waals surface area contributed by atoms with Gasteiger partial charge in [0, 0.05) is 12.1 Å². The van der Waals surface area contributed by atoms with Crippen molar-refractivity contribution in [3.05, 3.63) is 60.2 Å². The summed E-state index contributed by atoms with van der Waals surface area (Å²) < 4.78 is 0. The average molecular weight is 257 g/mol. The maximum absolute atomic E-state index is 11.3.